The molecule has 0 spiro atoms. The molecule has 0 atom stereocenters. The van der Waals surface area contributed by atoms with Crippen molar-refractivity contribution in [1.29, 1.82) is 0 Å². The molecule has 0 aromatic carbocycles. The predicted molar refractivity (Wildman–Crippen MR) is 60.6 cm³/mol. The molecule has 0 aliphatic heterocycles. The van der Waals surface area contributed by atoms with Gasteiger partial charge >= 0.3 is 18.1 Å². The number of aromatic nitrogens is 1. The Morgan fingerprint density at radius 1 is 1.50 bits per heavy atom. The van der Waals surface area contributed by atoms with E-state index in [1.165, 1.54) is 5.38 Å². The van der Waals surface area contributed by atoms with E-state index in [4.69, 9.17) is 5.11 Å². The molecule has 1 rings (SSSR count). The van der Waals surface area contributed by atoms with Gasteiger partial charge in [-0.05, 0) is 0 Å². The summed E-state index contributed by atoms with van der Waals surface area (Å²) >= 11 is 1.91. The Morgan fingerprint density at radius 3 is 2.72 bits per heavy atom. The van der Waals surface area contributed by atoms with Gasteiger partial charge in [-0.1, -0.05) is 0 Å². The highest BCUT2D eigenvalue weighted by atomic mass is 32.2. The molecule has 18 heavy (non-hydrogen) atoms. The van der Waals surface area contributed by atoms with Crippen molar-refractivity contribution in [3.8, 4) is 0 Å². The van der Waals surface area contributed by atoms with Crippen LogP contribution in [0, 0.1) is 0 Å². The second-order valence-electron chi connectivity index (χ2n) is 2.98. The highest BCUT2D eigenvalue weighted by molar-refractivity contribution is 7.99. The van der Waals surface area contributed by atoms with E-state index in [-0.39, 0.29) is 16.6 Å². The second-order valence-corrected chi connectivity index (χ2v) is 4.83. The number of nitrogens with one attached hydrogen (secondary N) is 1. The summed E-state index contributed by atoms with van der Waals surface area (Å²) in [6.07, 6.45) is -4.95. The zero-order valence-corrected chi connectivity index (χ0v) is 10.3. The number of thiazole rings is 1. The van der Waals surface area contributed by atoms with Crippen molar-refractivity contribution in [1.82, 2.24) is 4.98 Å². The average Bonchev–Trinajstić information content (AvgIpc) is 2.63. The molecule has 1 amide bonds. The van der Waals surface area contributed by atoms with Gasteiger partial charge in [-0.2, -0.15) is 13.2 Å². The number of amides is 1. The van der Waals surface area contributed by atoms with E-state index in [2.05, 4.69) is 4.98 Å². The van der Waals surface area contributed by atoms with Crippen LogP contribution in [0.2, 0.25) is 0 Å². The van der Waals surface area contributed by atoms with E-state index in [1.54, 1.807) is 5.32 Å². The average molecular weight is 300 g/mol. The molecular weight excluding hydrogens is 293 g/mol. The highest BCUT2D eigenvalue weighted by Crippen LogP contribution is 2.22. The molecule has 0 aliphatic rings. The molecule has 0 saturated heterocycles. The Kier molecular flexibility index (Phi) is 4.96. The van der Waals surface area contributed by atoms with Crippen LogP contribution >= 0.6 is 23.1 Å². The van der Waals surface area contributed by atoms with Gasteiger partial charge in [0.25, 0.3) is 0 Å². The summed E-state index contributed by atoms with van der Waals surface area (Å²) in [5.41, 5.74) is 0.420. The summed E-state index contributed by atoms with van der Waals surface area (Å²) in [6, 6.07) is 0. The van der Waals surface area contributed by atoms with Crippen LogP contribution in [0.5, 0.6) is 0 Å². The first-order valence-electron chi connectivity index (χ1n) is 4.41. The van der Waals surface area contributed by atoms with E-state index in [0.717, 1.165) is 23.1 Å². The fourth-order valence-corrected chi connectivity index (χ4v) is 2.29. The number of carboxylic acid groups (broad SMARTS) is 1. The van der Waals surface area contributed by atoms with Crippen LogP contribution in [0.3, 0.4) is 0 Å². The fraction of sp³-hybridized carbons (Fsp3) is 0.375. The van der Waals surface area contributed by atoms with Crippen molar-refractivity contribution in [2.24, 2.45) is 0 Å². The lowest BCUT2D eigenvalue weighted by molar-refractivity contribution is -0.167. The minimum Gasteiger partial charge on any atom is -0.481 e. The van der Waals surface area contributed by atoms with Crippen LogP contribution in [0.1, 0.15) is 5.69 Å². The number of carboxylic acids is 1. The molecule has 1 aromatic heterocycles. The van der Waals surface area contributed by atoms with Gasteiger partial charge in [-0.25, -0.2) is 4.98 Å². The number of hydrogen-bond acceptors (Lipinski definition) is 5. The Morgan fingerprint density at radius 2 is 2.17 bits per heavy atom. The first-order chi connectivity index (χ1) is 8.29. The molecule has 0 aliphatic carbocycles. The smallest absolute Gasteiger partial charge is 0.471 e. The van der Waals surface area contributed by atoms with Crippen molar-refractivity contribution >= 4 is 40.1 Å². The number of nitrogens with zero attached hydrogens (tertiary/aromatic N) is 1. The zero-order valence-electron chi connectivity index (χ0n) is 8.65. The molecule has 1 aromatic rings. The Bertz CT molecular complexity index is 447. The van der Waals surface area contributed by atoms with Crippen LogP contribution < -0.4 is 5.32 Å². The van der Waals surface area contributed by atoms with Gasteiger partial charge in [-0.15, -0.1) is 23.1 Å². The van der Waals surface area contributed by atoms with Gasteiger partial charge in [0.15, 0.2) is 5.13 Å². The molecular formula is C8H7F3N2O3S2. The summed E-state index contributed by atoms with van der Waals surface area (Å²) in [5.74, 6) is -2.94. The number of anilines is 1. The van der Waals surface area contributed by atoms with Gasteiger partial charge in [0.05, 0.1) is 11.4 Å². The molecule has 0 saturated carbocycles. The topological polar surface area (TPSA) is 79.3 Å². The standard InChI is InChI=1S/C8H7F3N2O3S2/c9-8(10,11)6(16)13-7-12-4(2-18-7)1-17-3-5(14)15/h2H,1,3H2,(H,14,15)(H,12,13,16). The Balaban J connectivity index is 2.48. The Labute approximate surface area is 107 Å². The third kappa shape index (κ3) is 4.92. The van der Waals surface area contributed by atoms with Crippen molar-refractivity contribution in [3.05, 3.63) is 11.1 Å². The first-order valence-corrected chi connectivity index (χ1v) is 6.44. The van der Waals surface area contributed by atoms with E-state index < -0.39 is 18.1 Å². The van der Waals surface area contributed by atoms with Crippen LogP contribution in [-0.2, 0) is 15.3 Å². The zero-order chi connectivity index (χ0) is 13.8. The van der Waals surface area contributed by atoms with Crippen LogP contribution in [0.4, 0.5) is 18.3 Å². The maximum Gasteiger partial charge on any atom is 0.471 e. The molecule has 1 heterocycles. The van der Waals surface area contributed by atoms with Crippen LogP contribution in [-0.4, -0.2) is 33.9 Å². The maximum atomic E-state index is 11.9. The van der Waals surface area contributed by atoms with Gasteiger partial charge in [-0.3, -0.25) is 14.9 Å². The molecule has 0 unspecified atom stereocenters. The lowest BCUT2D eigenvalue weighted by Gasteiger charge is -2.04. The summed E-state index contributed by atoms with van der Waals surface area (Å²) in [6.45, 7) is 0. The monoisotopic (exact) mass is 300 g/mol. The number of thioether (sulfide) groups is 1. The predicted octanol–water partition coefficient (Wildman–Crippen LogP) is 1.96. The summed E-state index contributed by atoms with van der Waals surface area (Å²) in [7, 11) is 0. The first kappa shape index (κ1) is 14.8. The number of alkyl halides is 3. The normalized spacial score (nSPS) is 11.3. The van der Waals surface area contributed by atoms with Gasteiger partial charge < -0.3 is 5.11 Å². The number of carbonyl (C=O) groups is 2. The van der Waals surface area contributed by atoms with E-state index in [9.17, 15) is 22.8 Å². The van der Waals surface area contributed by atoms with Crippen LogP contribution in [0.25, 0.3) is 0 Å². The second kappa shape index (κ2) is 6.05. The van der Waals surface area contributed by atoms with E-state index in [1.807, 2.05) is 0 Å². The molecule has 0 fully saturated rings. The lowest BCUT2D eigenvalue weighted by Crippen LogP contribution is -2.29. The largest absolute Gasteiger partial charge is 0.481 e. The molecule has 2 N–H and O–H groups in total. The quantitative estimate of drug-likeness (QED) is 0.869. The highest BCUT2D eigenvalue weighted by Gasteiger charge is 2.39. The van der Waals surface area contributed by atoms with Crippen molar-refractivity contribution < 1.29 is 27.9 Å². The maximum absolute atomic E-state index is 11.9. The third-order valence-corrected chi connectivity index (χ3v) is 3.26. The molecule has 10 heteroatoms. The van der Waals surface area contributed by atoms with Gasteiger partial charge in [0, 0.05) is 11.1 Å². The minimum absolute atomic E-state index is 0.123. The van der Waals surface area contributed by atoms with Gasteiger partial charge in [0.2, 0.25) is 0 Å². The number of rotatable bonds is 5. The molecule has 0 radical (unpaired) electrons. The van der Waals surface area contributed by atoms with Crippen molar-refractivity contribution in [2.45, 2.75) is 11.9 Å². The fourth-order valence-electron chi connectivity index (χ4n) is 0.842. The lowest BCUT2D eigenvalue weighted by atomic mass is 10.6. The van der Waals surface area contributed by atoms with Crippen LogP contribution in [0.15, 0.2) is 5.38 Å². The third-order valence-electron chi connectivity index (χ3n) is 1.51. The number of carbonyl (C=O) groups excluding carboxylic acids is 1. The number of aliphatic carboxylic acids is 1. The molecule has 100 valence electrons. The number of hydrogen-bond donors (Lipinski definition) is 2. The molecule has 0 bridgehead atoms. The summed E-state index contributed by atoms with van der Waals surface area (Å²) < 4.78 is 35.8. The van der Waals surface area contributed by atoms with E-state index in [0.29, 0.717) is 5.69 Å². The SMILES string of the molecule is O=C(O)CSCc1csc(NC(=O)C(F)(F)F)n1. The van der Waals surface area contributed by atoms with Crippen molar-refractivity contribution in [3.63, 3.8) is 0 Å². The molecule has 5 nitrogen and oxygen atoms in total. The van der Waals surface area contributed by atoms with Gasteiger partial charge in [0.1, 0.15) is 0 Å². The summed E-state index contributed by atoms with van der Waals surface area (Å²) in [5, 5.41) is 11.3. The minimum atomic E-state index is -4.95. The Hall–Kier alpha value is -1.29. The van der Waals surface area contributed by atoms with E-state index >= 15 is 0 Å². The summed E-state index contributed by atoms with van der Waals surface area (Å²) in [4.78, 5) is 24.6. The number of halogens is 3. The van der Waals surface area contributed by atoms with Crippen molar-refractivity contribution in [2.75, 3.05) is 11.1 Å².